The Bertz CT molecular complexity index is 408. The fourth-order valence-electron chi connectivity index (χ4n) is 3.65. The summed E-state index contributed by atoms with van der Waals surface area (Å²) in [6.45, 7) is 2.92. The fourth-order valence-corrected chi connectivity index (χ4v) is 3.65. The lowest BCUT2D eigenvalue weighted by Gasteiger charge is -2.32. The maximum Gasteiger partial charge on any atom is 0.0645 e. The van der Waals surface area contributed by atoms with Gasteiger partial charge in [0.15, 0.2) is 0 Å². The van der Waals surface area contributed by atoms with Crippen molar-refractivity contribution < 1.29 is 0 Å². The monoisotopic (exact) mass is 260 g/mol. The summed E-state index contributed by atoms with van der Waals surface area (Å²) in [5.41, 5.74) is 7.14. The summed E-state index contributed by atoms with van der Waals surface area (Å²) in [5.74, 6) is 0. The van der Waals surface area contributed by atoms with E-state index in [1.54, 1.807) is 0 Å². The standard InChI is InChI=1S/C15H24N4/c1-18-12-5-6-13(18)11-19(9-7-12)15(10-16)14-4-2-3-8-17-14/h2-4,8,12-13,15H,5-7,9-11,16H2,1H3. The van der Waals surface area contributed by atoms with E-state index in [4.69, 9.17) is 5.73 Å². The van der Waals surface area contributed by atoms with Crippen molar-refractivity contribution in [2.45, 2.75) is 37.4 Å². The second-order valence-electron chi connectivity index (χ2n) is 5.84. The lowest BCUT2D eigenvalue weighted by molar-refractivity contribution is 0.172. The Morgan fingerprint density at radius 2 is 2.16 bits per heavy atom. The van der Waals surface area contributed by atoms with Crippen LogP contribution in [0.1, 0.15) is 31.0 Å². The highest BCUT2D eigenvalue weighted by Gasteiger charge is 2.36. The van der Waals surface area contributed by atoms with Crippen LogP contribution in [-0.4, -0.2) is 53.5 Å². The number of fused-ring (bicyclic) bond motifs is 2. The smallest absolute Gasteiger partial charge is 0.0645 e. The van der Waals surface area contributed by atoms with E-state index in [9.17, 15) is 0 Å². The Kier molecular flexibility index (Phi) is 3.82. The van der Waals surface area contributed by atoms with Crippen LogP contribution in [0.5, 0.6) is 0 Å². The van der Waals surface area contributed by atoms with Gasteiger partial charge in [-0.15, -0.1) is 0 Å². The molecule has 0 amide bonds. The number of likely N-dealkylation sites (N-methyl/N-ethyl adjacent to an activating group) is 1. The van der Waals surface area contributed by atoms with Crippen molar-refractivity contribution in [2.24, 2.45) is 5.73 Å². The summed E-state index contributed by atoms with van der Waals surface area (Å²) >= 11 is 0. The van der Waals surface area contributed by atoms with Gasteiger partial charge in [-0.25, -0.2) is 0 Å². The van der Waals surface area contributed by atoms with Crippen LogP contribution in [0.2, 0.25) is 0 Å². The van der Waals surface area contributed by atoms with Gasteiger partial charge in [-0.3, -0.25) is 14.8 Å². The molecule has 19 heavy (non-hydrogen) atoms. The van der Waals surface area contributed by atoms with E-state index >= 15 is 0 Å². The molecule has 4 nitrogen and oxygen atoms in total. The Hall–Kier alpha value is -0.970. The van der Waals surface area contributed by atoms with E-state index in [1.165, 1.54) is 19.3 Å². The lowest BCUT2D eigenvalue weighted by atomic mass is 10.0. The SMILES string of the molecule is CN1C2CCC1CN(C(CN)c1ccccn1)CC2. The number of nitrogens with zero attached hydrogens (tertiary/aromatic N) is 3. The van der Waals surface area contributed by atoms with Crippen molar-refractivity contribution in [1.82, 2.24) is 14.8 Å². The van der Waals surface area contributed by atoms with Gasteiger partial charge in [0.05, 0.1) is 11.7 Å². The Morgan fingerprint density at radius 1 is 1.32 bits per heavy atom. The summed E-state index contributed by atoms with van der Waals surface area (Å²) in [6.07, 6.45) is 5.83. The highest BCUT2D eigenvalue weighted by atomic mass is 15.3. The number of rotatable bonds is 3. The zero-order chi connectivity index (χ0) is 13.2. The summed E-state index contributed by atoms with van der Waals surface area (Å²) in [7, 11) is 2.28. The third-order valence-electron chi connectivity index (χ3n) is 4.87. The molecule has 1 aromatic heterocycles. The average Bonchev–Trinajstić information content (AvgIpc) is 2.68. The van der Waals surface area contributed by atoms with Crippen molar-refractivity contribution in [1.29, 1.82) is 0 Å². The van der Waals surface area contributed by atoms with Gasteiger partial charge < -0.3 is 5.73 Å². The maximum atomic E-state index is 6.02. The zero-order valence-electron chi connectivity index (χ0n) is 11.7. The van der Waals surface area contributed by atoms with Gasteiger partial charge in [-0.05, 0) is 38.4 Å². The van der Waals surface area contributed by atoms with E-state index in [0.29, 0.717) is 12.6 Å². The molecular weight excluding hydrogens is 236 g/mol. The second-order valence-corrected chi connectivity index (χ2v) is 5.84. The Morgan fingerprint density at radius 3 is 2.89 bits per heavy atom. The van der Waals surface area contributed by atoms with Crippen molar-refractivity contribution in [3.8, 4) is 0 Å². The third-order valence-corrected chi connectivity index (χ3v) is 4.87. The number of hydrogen-bond donors (Lipinski definition) is 1. The normalized spacial score (nSPS) is 30.2. The van der Waals surface area contributed by atoms with Gasteiger partial charge in [0.25, 0.3) is 0 Å². The first kappa shape index (κ1) is 13.0. The molecule has 0 radical (unpaired) electrons. The van der Waals surface area contributed by atoms with Crippen LogP contribution in [-0.2, 0) is 0 Å². The highest BCUT2D eigenvalue weighted by Crippen LogP contribution is 2.31. The number of likely N-dealkylation sites (tertiary alicyclic amines) is 1. The number of hydrogen-bond acceptors (Lipinski definition) is 4. The molecule has 2 aliphatic rings. The van der Waals surface area contributed by atoms with Crippen LogP contribution in [0.15, 0.2) is 24.4 Å². The van der Waals surface area contributed by atoms with E-state index in [1.807, 2.05) is 12.3 Å². The molecule has 2 aliphatic heterocycles. The molecule has 0 aliphatic carbocycles. The average molecular weight is 260 g/mol. The quantitative estimate of drug-likeness (QED) is 0.888. The largest absolute Gasteiger partial charge is 0.329 e. The summed E-state index contributed by atoms with van der Waals surface area (Å²) in [4.78, 5) is 9.62. The van der Waals surface area contributed by atoms with E-state index in [0.717, 1.165) is 24.8 Å². The summed E-state index contributed by atoms with van der Waals surface area (Å²) in [5, 5.41) is 0. The predicted octanol–water partition coefficient (Wildman–Crippen LogP) is 1.25. The number of nitrogens with two attached hydrogens (primary N) is 1. The number of pyridine rings is 1. The fraction of sp³-hybridized carbons (Fsp3) is 0.667. The minimum absolute atomic E-state index is 0.272. The van der Waals surface area contributed by atoms with Crippen LogP contribution in [0.4, 0.5) is 0 Å². The van der Waals surface area contributed by atoms with Crippen LogP contribution in [0, 0.1) is 0 Å². The predicted molar refractivity (Wildman–Crippen MR) is 76.8 cm³/mol. The lowest BCUT2D eigenvalue weighted by Crippen LogP contribution is -2.41. The Labute approximate surface area is 115 Å². The van der Waals surface area contributed by atoms with Crippen LogP contribution in [0.3, 0.4) is 0 Å². The van der Waals surface area contributed by atoms with Crippen LogP contribution < -0.4 is 5.73 Å². The molecule has 1 aromatic rings. The summed E-state index contributed by atoms with van der Waals surface area (Å²) in [6, 6.07) is 7.87. The maximum absolute atomic E-state index is 6.02. The molecule has 3 rings (SSSR count). The molecule has 0 aromatic carbocycles. The number of aromatic nitrogens is 1. The molecule has 2 bridgehead atoms. The molecule has 2 fully saturated rings. The first-order valence-electron chi connectivity index (χ1n) is 7.36. The minimum Gasteiger partial charge on any atom is -0.329 e. The van der Waals surface area contributed by atoms with Crippen molar-refractivity contribution in [2.75, 3.05) is 26.7 Å². The minimum atomic E-state index is 0.272. The van der Waals surface area contributed by atoms with Gasteiger partial charge >= 0.3 is 0 Å². The molecule has 3 heterocycles. The van der Waals surface area contributed by atoms with Crippen molar-refractivity contribution in [3.05, 3.63) is 30.1 Å². The first-order valence-corrected chi connectivity index (χ1v) is 7.36. The molecule has 0 saturated carbocycles. The van der Waals surface area contributed by atoms with Gasteiger partial charge in [0.1, 0.15) is 0 Å². The molecule has 0 spiro atoms. The van der Waals surface area contributed by atoms with E-state index < -0.39 is 0 Å². The first-order chi connectivity index (χ1) is 9.29. The van der Waals surface area contributed by atoms with E-state index in [2.05, 4.69) is 34.0 Å². The van der Waals surface area contributed by atoms with Gasteiger partial charge in [0, 0.05) is 37.9 Å². The van der Waals surface area contributed by atoms with Crippen LogP contribution >= 0.6 is 0 Å². The van der Waals surface area contributed by atoms with E-state index in [-0.39, 0.29) is 6.04 Å². The molecule has 2 N–H and O–H groups in total. The van der Waals surface area contributed by atoms with Gasteiger partial charge in [-0.1, -0.05) is 6.07 Å². The molecule has 3 unspecified atom stereocenters. The van der Waals surface area contributed by atoms with Crippen molar-refractivity contribution >= 4 is 0 Å². The molecule has 4 heteroatoms. The summed E-state index contributed by atoms with van der Waals surface area (Å²) < 4.78 is 0. The highest BCUT2D eigenvalue weighted by molar-refractivity contribution is 5.10. The zero-order valence-corrected chi connectivity index (χ0v) is 11.7. The molecule has 104 valence electrons. The third kappa shape index (κ3) is 2.53. The molecule has 2 saturated heterocycles. The Balaban J connectivity index is 1.77. The van der Waals surface area contributed by atoms with Crippen LogP contribution in [0.25, 0.3) is 0 Å². The topological polar surface area (TPSA) is 45.4 Å². The molecular formula is C15H24N4. The van der Waals surface area contributed by atoms with Gasteiger partial charge in [-0.2, -0.15) is 0 Å². The van der Waals surface area contributed by atoms with Crippen molar-refractivity contribution in [3.63, 3.8) is 0 Å². The second kappa shape index (κ2) is 5.57. The molecule has 3 atom stereocenters. The van der Waals surface area contributed by atoms with Gasteiger partial charge in [0.2, 0.25) is 0 Å².